The molecule has 0 aromatic heterocycles. The number of sulfonamides is 1. The lowest BCUT2D eigenvalue weighted by Crippen LogP contribution is -2.49. The summed E-state index contributed by atoms with van der Waals surface area (Å²) >= 11 is 0. The first-order chi connectivity index (χ1) is 15.8. The maximum atomic E-state index is 13.4. The number of carbonyl (C=O) groups excluding carboxylic acids is 3. The number of benzene rings is 1. The molecule has 2 aliphatic rings. The van der Waals surface area contributed by atoms with Gasteiger partial charge >= 0.3 is 6.03 Å². The predicted octanol–water partition coefficient (Wildman–Crippen LogP) is 2.03. The predicted molar refractivity (Wildman–Crippen MR) is 129 cm³/mol. The monoisotopic (exact) mass is 494 g/mol. The first kappa shape index (κ1) is 26.0. The lowest BCUT2D eigenvalue weighted by Gasteiger charge is -2.31. The second-order valence-corrected chi connectivity index (χ2v) is 11.8. The van der Waals surface area contributed by atoms with Crippen LogP contribution in [0.3, 0.4) is 0 Å². The molecule has 0 atom stereocenters. The fraction of sp³-hybridized carbons (Fsp3) is 0.609. The van der Waals surface area contributed by atoms with Gasteiger partial charge < -0.3 is 10.1 Å². The molecule has 3 rings (SSSR count). The number of ether oxygens (including phenoxy) is 1. The largest absolute Gasteiger partial charge is 0.496 e. The number of carbonyl (C=O) groups is 3. The summed E-state index contributed by atoms with van der Waals surface area (Å²) in [6, 6.07) is 2.69. The molecule has 1 heterocycles. The van der Waals surface area contributed by atoms with E-state index in [1.165, 1.54) is 12.0 Å². The quantitative estimate of drug-likeness (QED) is 0.554. The van der Waals surface area contributed by atoms with E-state index < -0.39 is 16.1 Å². The molecule has 34 heavy (non-hydrogen) atoms. The number of urea groups is 1. The van der Waals surface area contributed by atoms with Crippen LogP contribution in [0.4, 0.5) is 10.5 Å². The van der Waals surface area contributed by atoms with Crippen LogP contribution in [0.2, 0.25) is 0 Å². The van der Waals surface area contributed by atoms with Gasteiger partial charge in [0.15, 0.2) is 0 Å². The van der Waals surface area contributed by atoms with Gasteiger partial charge in [-0.05, 0) is 43.2 Å². The number of anilines is 1. The van der Waals surface area contributed by atoms with Crippen molar-refractivity contribution in [1.82, 2.24) is 15.4 Å². The Hall–Kier alpha value is -2.66. The molecule has 1 aliphatic carbocycles. The molecular weight excluding hydrogens is 460 g/mol. The zero-order valence-corrected chi connectivity index (χ0v) is 21.2. The van der Waals surface area contributed by atoms with Gasteiger partial charge in [0.2, 0.25) is 15.9 Å². The van der Waals surface area contributed by atoms with E-state index in [2.05, 4.69) is 15.4 Å². The highest BCUT2D eigenvalue weighted by atomic mass is 32.2. The molecule has 0 spiro atoms. The summed E-state index contributed by atoms with van der Waals surface area (Å²) in [6.45, 7) is 6.20. The fourth-order valence-electron chi connectivity index (χ4n) is 4.45. The van der Waals surface area contributed by atoms with Crippen LogP contribution in [0.1, 0.15) is 68.8 Å². The van der Waals surface area contributed by atoms with Gasteiger partial charge in [-0.25, -0.2) is 17.9 Å². The van der Waals surface area contributed by atoms with Gasteiger partial charge in [-0.15, -0.1) is 0 Å². The first-order valence-corrected chi connectivity index (χ1v) is 13.3. The van der Waals surface area contributed by atoms with E-state index in [1.807, 2.05) is 26.8 Å². The number of rotatable bonds is 6. The van der Waals surface area contributed by atoms with Crippen molar-refractivity contribution in [2.24, 2.45) is 0 Å². The van der Waals surface area contributed by atoms with Crippen molar-refractivity contribution in [3.05, 3.63) is 23.3 Å². The van der Waals surface area contributed by atoms with Gasteiger partial charge in [0.05, 0.1) is 18.9 Å². The first-order valence-electron chi connectivity index (χ1n) is 11.4. The van der Waals surface area contributed by atoms with Crippen molar-refractivity contribution in [1.29, 1.82) is 0 Å². The molecule has 1 aromatic carbocycles. The molecule has 1 saturated carbocycles. The fourth-order valence-corrected chi connectivity index (χ4v) is 5.29. The zero-order chi connectivity index (χ0) is 25.3. The van der Waals surface area contributed by atoms with E-state index in [0.717, 1.165) is 11.8 Å². The highest BCUT2D eigenvalue weighted by Gasteiger charge is 2.31. The summed E-state index contributed by atoms with van der Waals surface area (Å²) in [7, 11) is -1.76. The van der Waals surface area contributed by atoms with Crippen molar-refractivity contribution in [2.45, 2.75) is 70.4 Å². The van der Waals surface area contributed by atoms with Crippen molar-refractivity contribution < 1.29 is 27.5 Å². The Morgan fingerprint density at radius 2 is 1.74 bits per heavy atom. The molecule has 11 heteroatoms. The van der Waals surface area contributed by atoms with Crippen LogP contribution in [0.15, 0.2) is 12.1 Å². The van der Waals surface area contributed by atoms with E-state index in [0.29, 0.717) is 42.7 Å². The van der Waals surface area contributed by atoms with Gasteiger partial charge in [-0.3, -0.25) is 19.8 Å². The number of methoxy groups -OCH3 is 1. The van der Waals surface area contributed by atoms with E-state index in [4.69, 9.17) is 4.74 Å². The Morgan fingerprint density at radius 1 is 1.12 bits per heavy atom. The molecule has 0 radical (unpaired) electrons. The summed E-state index contributed by atoms with van der Waals surface area (Å²) in [5.41, 5.74) is 1.21. The molecule has 0 bridgehead atoms. The van der Waals surface area contributed by atoms with Crippen LogP contribution in [-0.2, 0) is 20.2 Å². The maximum Gasteiger partial charge on any atom is 0.328 e. The average Bonchev–Trinajstić information content (AvgIpc) is 2.72. The molecule has 0 unspecified atom stereocenters. The van der Waals surface area contributed by atoms with Crippen LogP contribution in [-0.4, -0.2) is 58.3 Å². The average molecular weight is 495 g/mol. The van der Waals surface area contributed by atoms with E-state index >= 15 is 0 Å². The van der Waals surface area contributed by atoms with Gasteiger partial charge in [0.1, 0.15) is 5.75 Å². The number of hydrogen-bond acceptors (Lipinski definition) is 6. The summed E-state index contributed by atoms with van der Waals surface area (Å²) in [4.78, 5) is 38.9. The van der Waals surface area contributed by atoms with Gasteiger partial charge in [0, 0.05) is 36.3 Å². The SMILES string of the molecule is COc1c(C(=O)NC2CCC(NS(C)(=O)=O)CC2)cc(N2CCC(=O)NC2=O)cc1C(C)(C)C. The molecule has 2 fully saturated rings. The van der Waals surface area contributed by atoms with Crippen molar-refractivity contribution >= 4 is 33.6 Å². The zero-order valence-electron chi connectivity index (χ0n) is 20.4. The third-order valence-electron chi connectivity index (χ3n) is 6.14. The number of hydrogen-bond donors (Lipinski definition) is 3. The number of imide groups is 1. The minimum atomic E-state index is -3.27. The topological polar surface area (TPSA) is 134 Å². The van der Waals surface area contributed by atoms with Crippen LogP contribution < -0.4 is 25.0 Å². The molecule has 3 N–H and O–H groups in total. The lowest BCUT2D eigenvalue weighted by atomic mass is 9.84. The van der Waals surface area contributed by atoms with Crippen molar-refractivity contribution in [2.75, 3.05) is 24.8 Å². The third-order valence-corrected chi connectivity index (χ3v) is 6.90. The minimum absolute atomic E-state index is 0.104. The van der Waals surface area contributed by atoms with Gasteiger partial charge in [-0.1, -0.05) is 20.8 Å². The van der Waals surface area contributed by atoms with Gasteiger partial charge in [0.25, 0.3) is 5.91 Å². The highest BCUT2D eigenvalue weighted by Crippen LogP contribution is 2.38. The summed E-state index contributed by atoms with van der Waals surface area (Å²) in [5.74, 6) is -0.211. The smallest absolute Gasteiger partial charge is 0.328 e. The van der Waals surface area contributed by atoms with E-state index in [9.17, 15) is 22.8 Å². The molecule has 4 amide bonds. The Balaban J connectivity index is 1.86. The Kier molecular flexibility index (Phi) is 7.56. The third kappa shape index (κ3) is 6.26. The molecule has 10 nitrogen and oxygen atoms in total. The maximum absolute atomic E-state index is 13.4. The van der Waals surface area contributed by atoms with Crippen LogP contribution in [0.5, 0.6) is 5.75 Å². The molecule has 1 saturated heterocycles. The Morgan fingerprint density at radius 3 is 2.26 bits per heavy atom. The number of nitrogens with one attached hydrogen (secondary N) is 3. The van der Waals surface area contributed by atoms with Crippen molar-refractivity contribution in [3.8, 4) is 5.75 Å². The second-order valence-electron chi connectivity index (χ2n) is 9.99. The summed E-state index contributed by atoms with van der Waals surface area (Å²) < 4.78 is 31.3. The van der Waals surface area contributed by atoms with Crippen LogP contribution in [0.25, 0.3) is 0 Å². The Labute approximate surface area is 200 Å². The summed E-state index contributed by atoms with van der Waals surface area (Å²) in [6.07, 6.45) is 3.86. The van der Waals surface area contributed by atoms with Crippen molar-refractivity contribution in [3.63, 3.8) is 0 Å². The van der Waals surface area contributed by atoms with Crippen LogP contribution >= 0.6 is 0 Å². The normalized spacial score (nSPS) is 21.7. The highest BCUT2D eigenvalue weighted by molar-refractivity contribution is 7.88. The standard InChI is InChI=1S/C23H34N4O6S/c1-23(2,3)18-13-16(27-11-10-19(28)25-22(27)30)12-17(20(18)33-4)21(29)24-14-6-8-15(9-7-14)26-34(5,31)32/h12-15,26H,6-11H2,1-5H3,(H,24,29)(H,25,28,30). The van der Waals surface area contributed by atoms with E-state index in [1.54, 1.807) is 6.07 Å². The summed E-state index contributed by atoms with van der Waals surface area (Å²) in [5, 5.41) is 5.37. The molecule has 1 aliphatic heterocycles. The van der Waals surface area contributed by atoms with E-state index in [-0.39, 0.29) is 42.3 Å². The second kappa shape index (κ2) is 9.91. The lowest BCUT2D eigenvalue weighted by molar-refractivity contribution is -0.120. The number of amides is 4. The molecular formula is C23H34N4O6S. The van der Waals surface area contributed by atoms with Gasteiger partial charge in [-0.2, -0.15) is 0 Å². The molecule has 1 aromatic rings. The minimum Gasteiger partial charge on any atom is -0.496 e. The Bertz CT molecular complexity index is 1070. The molecule has 188 valence electrons. The number of nitrogens with zero attached hydrogens (tertiary/aromatic N) is 1. The van der Waals surface area contributed by atoms with Crippen LogP contribution in [0, 0.1) is 0 Å².